The van der Waals surface area contributed by atoms with Crippen LogP contribution in [0.15, 0.2) is 60.3 Å². The van der Waals surface area contributed by atoms with Crippen LogP contribution in [0.25, 0.3) is 16.8 Å². The second-order valence-corrected chi connectivity index (χ2v) is 7.88. The molecule has 3 aromatic rings. The number of para-hydroxylation sites is 1. The predicted octanol–water partition coefficient (Wildman–Crippen LogP) is 6.74. The molecular formula is C25H25NO. The molecule has 0 atom stereocenters. The van der Waals surface area contributed by atoms with E-state index in [1.807, 2.05) is 24.3 Å². The van der Waals surface area contributed by atoms with E-state index in [-0.39, 0.29) is 5.78 Å². The van der Waals surface area contributed by atoms with E-state index in [4.69, 9.17) is 0 Å². The van der Waals surface area contributed by atoms with Crippen LogP contribution in [0.4, 0.5) is 5.69 Å². The maximum absolute atomic E-state index is 13.2. The summed E-state index contributed by atoms with van der Waals surface area (Å²) in [6.07, 6.45) is 2.00. The van der Waals surface area contributed by atoms with Gasteiger partial charge in [-0.2, -0.15) is 0 Å². The number of rotatable bonds is 4. The van der Waals surface area contributed by atoms with Crippen molar-refractivity contribution < 1.29 is 4.79 Å². The summed E-state index contributed by atoms with van der Waals surface area (Å²) in [4.78, 5) is 13.2. The third-order valence-corrected chi connectivity index (χ3v) is 5.36. The molecule has 0 aliphatic heterocycles. The van der Waals surface area contributed by atoms with Gasteiger partial charge in [-0.05, 0) is 40.0 Å². The number of hydrogen-bond donors (Lipinski definition) is 1. The molecule has 1 N–H and O–H groups in total. The molecule has 2 nitrogen and oxygen atoms in total. The first-order valence-electron chi connectivity index (χ1n) is 9.65. The normalized spacial score (nSPS) is 13.4. The van der Waals surface area contributed by atoms with E-state index in [2.05, 4.69) is 69.4 Å². The number of hydrogen-bond acceptors (Lipinski definition) is 2. The molecule has 0 amide bonds. The number of carbonyl (C=O) groups excluding carboxylic acids is 1. The van der Waals surface area contributed by atoms with E-state index in [0.717, 1.165) is 27.6 Å². The molecule has 0 radical (unpaired) electrons. The zero-order valence-corrected chi connectivity index (χ0v) is 16.3. The molecule has 1 aliphatic rings. The van der Waals surface area contributed by atoms with Crippen LogP contribution < -0.4 is 5.32 Å². The highest BCUT2D eigenvalue weighted by Crippen LogP contribution is 2.36. The zero-order valence-electron chi connectivity index (χ0n) is 16.3. The largest absolute Gasteiger partial charge is 0.352 e. The van der Waals surface area contributed by atoms with Gasteiger partial charge >= 0.3 is 0 Å². The Balaban J connectivity index is 1.86. The van der Waals surface area contributed by atoms with Crippen LogP contribution in [0, 0.1) is 0 Å². The molecule has 4 rings (SSSR count). The van der Waals surface area contributed by atoms with Gasteiger partial charge < -0.3 is 5.32 Å². The monoisotopic (exact) mass is 355 g/mol. The maximum atomic E-state index is 13.2. The van der Waals surface area contributed by atoms with E-state index in [1.54, 1.807) is 0 Å². The molecular weight excluding hydrogens is 330 g/mol. The fraction of sp³-hybridized carbons (Fsp3) is 0.240. The van der Waals surface area contributed by atoms with Crippen molar-refractivity contribution in [2.75, 3.05) is 5.32 Å². The van der Waals surface area contributed by atoms with Crippen molar-refractivity contribution in [3.63, 3.8) is 0 Å². The number of anilines is 1. The van der Waals surface area contributed by atoms with Gasteiger partial charge in [0.2, 0.25) is 5.78 Å². The van der Waals surface area contributed by atoms with E-state index >= 15 is 0 Å². The molecule has 0 aromatic heterocycles. The van der Waals surface area contributed by atoms with Crippen LogP contribution in [-0.2, 0) is 0 Å². The van der Waals surface area contributed by atoms with Gasteiger partial charge in [0.05, 0.1) is 5.70 Å². The Hall–Kier alpha value is -2.87. The molecule has 3 aromatic carbocycles. The van der Waals surface area contributed by atoms with E-state index < -0.39 is 0 Å². The number of allylic oxidation sites excluding steroid dienone is 1. The van der Waals surface area contributed by atoms with Crippen molar-refractivity contribution in [2.45, 2.75) is 39.5 Å². The molecule has 1 aliphatic carbocycles. The molecule has 0 bridgehead atoms. The summed E-state index contributed by atoms with van der Waals surface area (Å²) < 4.78 is 0. The predicted molar refractivity (Wildman–Crippen MR) is 114 cm³/mol. The average molecular weight is 355 g/mol. The number of benzene rings is 3. The molecule has 0 spiro atoms. The van der Waals surface area contributed by atoms with Crippen molar-refractivity contribution in [3.8, 4) is 0 Å². The average Bonchev–Trinajstić information content (AvgIpc) is 2.65. The topological polar surface area (TPSA) is 29.1 Å². The molecule has 0 heterocycles. The Bertz CT molecular complexity index is 1040. The zero-order chi connectivity index (χ0) is 19.1. The first kappa shape index (κ1) is 17.5. The Kier molecular flexibility index (Phi) is 4.35. The van der Waals surface area contributed by atoms with Gasteiger partial charge in [0.25, 0.3) is 0 Å². The van der Waals surface area contributed by atoms with Crippen LogP contribution in [-0.4, -0.2) is 5.78 Å². The van der Waals surface area contributed by atoms with Gasteiger partial charge in [0.1, 0.15) is 0 Å². The van der Waals surface area contributed by atoms with Gasteiger partial charge in [-0.3, -0.25) is 4.79 Å². The molecule has 0 unspecified atom stereocenters. The Labute approximate surface area is 160 Å². The molecule has 0 saturated carbocycles. The standard InChI is InChI=1S/C25H25NO/c1-15(2)19-11-7-12-20(16(3)4)24(19)26-22-14-18-10-5-8-17-9-6-13-21(23(17)18)25(22)27/h5-16,26H,1-4H3. The van der Waals surface area contributed by atoms with Crippen LogP contribution in [0.3, 0.4) is 0 Å². The van der Waals surface area contributed by atoms with Gasteiger partial charge in [-0.1, -0.05) is 82.3 Å². The van der Waals surface area contributed by atoms with Crippen LogP contribution in [0.5, 0.6) is 0 Å². The highest BCUT2D eigenvalue weighted by molar-refractivity contribution is 6.23. The lowest BCUT2D eigenvalue weighted by atomic mass is 9.89. The molecule has 27 heavy (non-hydrogen) atoms. The third-order valence-electron chi connectivity index (χ3n) is 5.36. The summed E-state index contributed by atoms with van der Waals surface area (Å²) in [5.41, 5.74) is 6.09. The summed E-state index contributed by atoms with van der Waals surface area (Å²) in [5.74, 6) is 0.815. The molecule has 0 fully saturated rings. The van der Waals surface area contributed by atoms with Crippen LogP contribution in [0.2, 0.25) is 0 Å². The van der Waals surface area contributed by atoms with Gasteiger partial charge in [0, 0.05) is 16.6 Å². The number of Topliss-reactive ketones (excluding diaryl/α,β-unsaturated/α-hetero) is 1. The summed E-state index contributed by atoms with van der Waals surface area (Å²) in [6.45, 7) is 8.77. The molecule has 2 heteroatoms. The quantitative estimate of drug-likeness (QED) is 0.562. The smallest absolute Gasteiger partial charge is 0.209 e. The lowest BCUT2D eigenvalue weighted by Crippen LogP contribution is -2.17. The lowest BCUT2D eigenvalue weighted by Gasteiger charge is -2.24. The highest BCUT2D eigenvalue weighted by Gasteiger charge is 2.24. The van der Waals surface area contributed by atoms with E-state index in [0.29, 0.717) is 17.5 Å². The summed E-state index contributed by atoms with van der Waals surface area (Å²) in [6, 6.07) is 18.6. The SMILES string of the molecule is CC(C)c1cccc(C(C)C)c1NC1=Cc2cccc3cccc(c23)C1=O. The fourth-order valence-electron chi connectivity index (χ4n) is 3.97. The second-order valence-electron chi connectivity index (χ2n) is 7.88. The summed E-state index contributed by atoms with van der Waals surface area (Å²) in [5, 5.41) is 5.69. The van der Waals surface area contributed by atoms with E-state index in [1.165, 1.54) is 11.1 Å². The summed E-state index contributed by atoms with van der Waals surface area (Å²) >= 11 is 0. The minimum Gasteiger partial charge on any atom is -0.352 e. The van der Waals surface area contributed by atoms with Crippen molar-refractivity contribution in [2.24, 2.45) is 0 Å². The van der Waals surface area contributed by atoms with Crippen LogP contribution >= 0.6 is 0 Å². The van der Waals surface area contributed by atoms with Crippen molar-refractivity contribution in [1.29, 1.82) is 0 Å². The Morgan fingerprint density at radius 2 is 1.37 bits per heavy atom. The minimum atomic E-state index is 0.0626. The second kappa shape index (κ2) is 6.70. The fourth-order valence-corrected chi connectivity index (χ4v) is 3.97. The summed E-state index contributed by atoms with van der Waals surface area (Å²) in [7, 11) is 0. The van der Waals surface area contributed by atoms with Crippen molar-refractivity contribution in [3.05, 3.63) is 82.5 Å². The van der Waals surface area contributed by atoms with Gasteiger partial charge in [-0.15, -0.1) is 0 Å². The Morgan fingerprint density at radius 3 is 2.00 bits per heavy atom. The van der Waals surface area contributed by atoms with Crippen LogP contribution in [0.1, 0.15) is 66.6 Å². The number of nitrogens with one attached hydrogen (secondary N) is 1. The number of carbonyl (C=O) groups is 1. The maximum Gasteiger partial charge on any atom is 0.209 e. The van der Waals surface area contributed by atoms with Crippen molar-refractivity contribution >= 4 is 28.3 Å². The Morgan fingerprint density at radius 1 is 0.778 bits per heavy atom. The van der Waals surface area contributed by atoms with Gasteiger partial charge in [0.15, 0.2) is 0 Å². The molecule has 0 saturated heterocycles. The minimum absolute atomic E-state index is 0.0626. The van der Waals surface area contributed by atoms with Gasteiger partial charge in [-0.25, -0.2) is 0 Å². The first-order chi connectivity index (χ1) is 13.0. The third kappa shape index (κ3) is 2.95. The molecule has 136 valence electrons. The van der Waals surface area contributed by atoms with Crippen molar-refractivity contribution in [1.82, 2.24) is 0 Å². The highest BCUT2D eigenvalue weighted by atomic mass is 16.1. The van der Waals surface area contributed by atoms with E-state index in [9.17, 15) is 4.79 Å². The number of ketones is 1. The lowest BCUT2D eigenvalue weighted by molar-refractivity contribution is 0.103. The first-order valence-corrected chi connectivity index (χ1v) is 9.65.